The molecule has 1 aromatic heterocycles. The SMILES string of the molecule is CS(=O)(=O)CCN1CCCC[C@H]1c1nc2ccccc2s1. The average molecular weight is 324 g/mol. The summed E-state index contributed by atoms with van der Waals surface area (Å²) in [5.74, 6) is 0.231. The molecule has 1 atom stereocenters. The lowest BCUT2D eigenvalue weighted by Crippen LogP contribution is -2.36. The monoisotopic (exact) mass is 324 g/mol. The van der Waals surface area contributed by atoms with Crippen LogP contribution in [0.5, 0.6) is 0 Å². The van der Waals surface area contributed by atoms with E-state index in [-0.39, 0.29) is 11.8 Å². The third-order valence-electron chi connectivity index (χ3n) is 3.96. The largest absolute Gasteiger partial charge is 0.293 e. The second-order valence-corrected chi connectivity index (χ2v) is 9.02. The van der Waals surface area contributed by atoms with E-state index in [1.54, 1.807) is 11.3 Å². The maximum Gasteiger partial charge on any atom is 0.148 e. The van der Waals surface area contributed by atoms with Gasteiger partial charge in [-0.25, -0.2) is 13.4 Å². The van der Waals surface area contributed by atoms with Gasteiger partial charge in [0.15, 0.2) is 0 Å². The number of piperidine rings is 1. The summed E-state index contributed by atoms with van der Waals surface area (Å²) in [6, 6.07) is 8.46. The van der Waals surface area contributed by atoms with Crippen molar-refractivity contribution in [2.24, 2.45) is 0 Å². The molecule has 6 heteroatoms. The Morgan fingerprint density at radius 1 is 1.33 bits per heavy atom. The third kappa shape index (κ3) is 3.62. The van der Waals surface area contributed by atoms with Gasteiger partial charge in [0.25, 0.3) is 0 Å². The van der Waals surface area contributed by atoms with E-state index >= 15 is 0 Å². The molecule has 1 aliphatic heterocycles. The van der Waals surface area contributed by atoms with Crippen molar-refractivity contribution in [3.63, 3.8) is 0 Å². The molecule has 0 radical (unpaired) electrons. The first-order chi connectivity index (χ1) is 10.0. The molecule has 1 aliphatic rings. The van der Waals surface area contributed by atoms with Gasteiger partial charge in [0.1, 0.15) is 14.8 Å². The van der Waals surface area contributed by atoms with Crippen LogP contribution >= 0.6 is 11.3 Å². The smallest absolute Gasteiger partial charge is 0.148 e. The second-order valence-electron chi connectivity index (χ2n) is 5.70. The van der Waals surface area contributed by atoms with Gasteiger partial charge in [0.2, 0.25) is 0 Å². The number of para-hydroxylation sites is 1. The Kier molecular flexibility index (Phi) is 4.28. The summed E-state index contributed by atoms with van der Waals surface area (Å²) in [5, 5.41) is 1.13. The number of fused-ring (bicyclic) bond motifs is 1. The molecule has 1 fully saturated rings. The van der Waals surface area contributed by atoms with Crippen LogP contribution in [0, 0.1) is 0 Å². The Balaban J connectivity index is 1.83. The Labute approximate surface area is 129 Å². The quantitative estimate of drug-likeness (QED) is 0.868. The number of hydrogen-bond donors (Lipinski definition) is 0. The van der Waals surface area contributed by atoms with Crippen LogP contribution in [0.4, 0.5) is 0 Å². The van der Waals surface area contributed by atoms with Crippen LogP contribution in [0.2, 0.25) is 0 Å². The number of nitrogens with zero attached hydrogens (tertiary/aromatic N) is 2. The first-order valence-electron chi connectivity index (χ1n) is 7.30. The van der Waals surface area contributed by atoms with Crippen molar-refractivity contribution in [1.82, 2.24) is 9.88 Å². The summed E-state index contributed by atoms with van der Waals surface area (Å²) in [4.78, 5) is 7.05. The molecule has 0 bridgehead atoms. The molecule has 2 aromatic rings. The van der Waals surface area contributed by atoms with E-state index in [2.05, 4.69) is 11.0 Å². The lowest BCUT2D eigenvalue weighted by Gasteiger charge is -2.34. The van der Waals surface area contributed by atoms with Gasteiger partial charge in [0, 0.05) is 12.8 Å². The zero-order chi connectivity index (χ0) is 14.9. The van der Waals surface area contributed by atoms with Crippen LogP contribution in [0.1, 0.15) is 30.3 Å². The molecule has 3 rings (SSSR count). The number of thiazole rings is 1. The number of sulfone groups is 1. The fraction of sp³-hybridized carbons (Fsp3) is 0.533. The molecule has 1 saturated heterocycles. The lowest BCUT2D eigenvalue weighted by atomic mass is 10.0. The topological polar surface area (TPSA) is 50.3 Å². The van der Waals surface area contributed by atoms with Gasteiger partial charge in [0.05, 0.1) is 22.0 Å². The Morgan fingerprint density at radius 3 is 2.90 bits per heavy atom. The minimum Gasteiger partial charge on any atom is -0.293 e. The first kappa shape index (κ1) is 14.9. The Bertz CT molecular complexity index is 691. The minimum atomic E-state index is -2.91. The van der Waals surface area contributed by atoms with E-state index in [0.29, 0.717) is 6.54 Å². The zero-order valence-electron chi connectivity index (χ0n) is 12.2. The third-order valence-corrected chi connectivity index (χ3v) is 6.02. The summed E-state index contributed by atoms with van der Waals surface area (Å²) in [6.45, 7) is 1.58. The fourth-order valence-electron chi connectivity index (χ4n) is 2.85. The van der Waals surface area contributed by atoms with Crippen molar-refractivity contribution in [2.75, 3.05) is 25.1 Å². The molecule has 2 heterocycles. The van der Waals surface area contributed by atoms with E-state index < -0.39 is 9.84 Å². The fourth-order valence-corrected chi connectivity index (χ4v) is 4.56. The van der Waals surface area contributed by atoms with Crippen molar-refractivity contribution >= 4 is 31.4 Å². The van der Waals surface area contributed by atoms with E-state index in [0.717, 1.165) is 29.9 Å². The molecule has 0 aliphatic carbocycles. The number of rotatable bonds is 4. The average Bonchev–Trinajstić information content (AvgIpc) is 2.88. The normalized spacial score (nSPS) is 20.9. The molecule has 114 valence electrons. The maximum atomic E-state index is 11.4. The summed E-state index contributed by atoms with van der Waals surface area (Å²) in [6.07, 6.45) is 4.72. The Morgan fingerprint density at radius 2 is 2.14 bits per heavy atom. The van der Waals surface area contributed by atoms with Crippen LogP contribution in [-0.4, -0.2) is 43.4 Å². The van der Waals surface area contributed by atoms with Crippen molar-refractivity contribution in [1.29, 1.82) is 0 Å². The van der Waals surface area contributed by atoms with Crippen molar-refractivity contribution in [2.45, 2.75) is 25.3 Å². The first-order valence-corrected chi connectivity index (χ1v) is 10.2. The number of benzene rings is 1. The molecular weight excluding hydrogens is 304 g/mol. The number of aromatic nitrogens is 1. The van der Waals surface area contributed by atoms with Gasteiger partial charge in [-0.05, 0) is 31.5 Å². The predicted octanol–water partition coefficient (Wildman–Crippen LogP) is 2.87. The minimum absolute atomic E-state index is 0.231. The molecule has 0 amide bonds. The highest BCUT2D eigenvalue weighted by molar-refractivity contribution is 7.90. The highest BCUT2D eigenvalue weighted by atomic mass is 32.2. The molecule has 21 heavy (non-hydrogen) atoms. The summed E-state index contributed by atoms with van der Waals surface area (Å²) < 4.78 is 24.0. The lowest BCUT2D eigenvalue weighted by molar-refractivity contribution is 0.158. The highest BCUT2D eigenvalue weighted by Crippen LogP contribution is 2.35. The van der Waals surface area contributed by atoms with Gasteiger partial charge >= 0.3 is 0 Å². The second kappa shape index (κ2) is 6.02. The van der Waals surface area contributed by atoms with Crippen molar-refractivity contribution < 1.29 is 8.42 Å². The molecule has 0 unspecified atom stereocenters. The molecule has 4 nitrogen and oxygen atoms in total. The molecule has 0 spiro atoms. The van der Waals surface area contributed by atoms with Gasteiger partial charge in [-0.15, -0.1) is 11.3 Å². The van der Waals surface area contributed by atoms with Gasteiger partial charge in [-0.1, -0.05) is 18.6 Å². The summed E-state index contributed by atoms with van der Waals surface area (Å²) in [5.41, 5.74) is 1.05. The van der Waals surface area contributed by atoms with E-state index in [9.17, 15) is 8.42 Å². The van der Waals surface area contributed by atoms with Gasteiger partial charge < -0.3 is 0 Å². The van der Waals surface area contributed by atoms with Gasteiger partial charge in [-0.2, -0.15) is 0 Å². The summed E-state index contributed by atoms with van der Waals surface area (Å²) in [7, 11) is -2.91. The van der Waals surface area contributed by atoms with E-state index in [4.69, 9.17) is 4.98 Å². The Hall–Kier alpha value is -0.980. The van der Waals surface area contributed by atoms with Crippen LogP contribution in [0.3, 0.4) is 0 Å². The molecule has 0 saturated carbocycles. The predicted molar refractivity (Wildman–Crippen MR) is 87.5 cm³/mol. The summed E-state index contributed by atoms with van der Waals surface area (Å²) >= 11 is 1.74. The molecule has 1 aromatic carbocycles. The zero-order valence-corrected chi connectivity index (χ0v) is 13.8. The van der Waals surface area contributed by atoms with Crippen LogP contribution in [0.25, 0.3) is 10.2 Å². The number of likely N-dealkylation sites (tertiary alicyclic amines) is 1. The van der Waals surface area contributed by atoms with E-state index in [1.807, 2.05) is 18.2 Å². The standard InChI is InChI=1S/C15H20N2O2S2/c1-21(18,19)11-10-17-9-5-4-7-13(17)15-16-12-6-2-3-8-14(12)20-15/h2-3,6,8,13H,4-5,7,9-11H2,1H3/t13-/m0/s1. The maximum absolute atomic E-state index is 11.4. The van der Waals surface area contributed by atoms with Crippen LogP contribution < -0.4 is 0 Å². The van der Waals surface area contributed by atoms with Crippen molar-refractivity contribution in [3.8, 4) is 0 Å². The number of hydrogen-bond acceptors (Lipinski definition) is 5. The van der Waals surface area contributed by atoms with E-state index in [1.165, 1.54) is 17.4 Å². The van der Waals surface area contributed by atoms with Crippen LogP contribution in [-0.2, 0) is 9.84 Å². The van der Waals surface area contributed by atoms with Crippen LogP contribution in [0.15, 0.2) is 24.3 Å². The molecule has 0 N–H and O–H groups in total. The van der Waals surface area contributed by atoms with Gasteiger partial charge in [-0.3, -0.25) is 4.90 Å². The molecular formula is C15H20N2O2S2. The highest BCUT2D eigenvalue weighted by Gasteiger charge is 2.27. The van der Waals surface area contributed by atoms with Crippen molar-refractivity contribution in [3.05, 3.63) is 29.3 Å².